The third-order valence-corrected chi connectivity index (χ3v) is 6.73. The van der Waals surface area contributed by atoms with Crippen LogP contribution in [0, 0.1) is 0 Å². The van der Waals surface area contributed by atoms with Gasteiger partial charge in [0, 0.05) is 10.4 Å². The highest BCUT2D eigenvalue weighted by atomic mass is 32.2. The molecule has 0 spiro atoms. The van der Waals surface area contributed by atoms with Crippen molar-refractivity contribution in [2.75, 3.05) is 0 Å². The molecular formula is C21H21NO3S2. The minimum Gasteiger partial charge on any atom is -0.295 e. The highest BCUT2D eigenvalue weighted by Crippen LogP contribution is 2.28. The summed E-state index contributed by atoms with van der Waals surface area (Å²) in [7, 11) is -3.80. The van der Waals surface area contributed by atoms with Crippen LogP contribution in [0.2, 0.25) is 0 Å². The molecule has 0 aliphatic heterocycles. The smallest absolute Gasteiger partial charge is 0.241 e. The highest BCUT2D eigenvalue weighted by Gasteiger charge is 2.24. The molecule has 0 saturated heterocycles. The van der Waals surface area contributed by atoms with Gasteiger partial charge in [0.1, 0.15) is 0 Å². The molecule has 0 bridgehead atoms. The summed E-state index contributed by atoms with van der Waals surface area (Å²) >= 11 is 1.50. The molecule has 6 heteroatoms. The van der Waals surface area contributed by atoms with Crippen LogP contribution in [0.15, 0.2) is 70.9 Å². The zero-order chi connectivity index (χ0) is 19.4. The monoisotopic (exact) mass is 399 g/mol. The number of aryl methyl sites for hydroxylation is 1. The van der Waals surface area contributed by atoms with Crippen molar-refractivity contribution in [3.63, 3.8) is 0 Å². The summed E-state index contributed by atoms with van der Waals surface area (Å²) < 4.78 is 28.8. The summed E-state index contributed by atoms with van der Waals surface area (Å²) in [5.41, 5.74) is 2.44. The molecule has 3 aromatic rings. The lowest BCUT2D eigenvalue weighted by atomic mass is 10.0. The maximum atomic E-state index is 13.0. The van der Waals surface area contributed by atoms with Gasteiger partial charge >= 0.3 is 0 Å². The minimum absolute atomic E-state index is 0.0851. The van der Waals surface area contributed by atoms with Gasteiger partial charge in [-0.25, -0.2) is 8.42 Å². The summed E-state index contributed by atoms with van der Waals surface area (Å²) in [4.78, 5) is 12.6. The minimum atomic E-state index is -3.80. The van der Waals surface area contributed by atoms with Crippen LogP contribution in [0.1, 0.15) is 46.3 Å². The Balaban J connectivity index is 1.98. The number of carbonyl (C=O) groups excluding carboxylic acids is 1. The van der Waals surface area contributed by atoms with Gasteiger partial charge in [0.15, 0.2) is 5.78 Å². The Morgan fingerprint density at radius 1 is 1.07 bits per heavy atom. The first-order chi connectivity index (χ1) is 12.9. The lowest BCUT2D eigenvalue weighted by Gasteiger charge is -2.19. The van der Waals surface area contributed by atoms with Gasteiger partial charge in [0.05, 0.1) is 10.9 Å². The molecule has 1 atom stereocenters. The van der Waals surface area contributed by atoms with Crippen LogP contribution in [0.4, 0.5) is 0 Å². The molecular weight excluding hydrogens is 378 g/mol. The van der Waals surface area contributed by atoms with Crippen molar-refractivity contribution in [3.8, 4) is 0 Å². The number of Topliss-reactive ketones (excluding diaryl/α,β-unsaturated/α-hetero) is 1. The Hall–Kier alpha value is -2.28. The van der Waals surface area contributed by atoms with Crippen LogP contribution in [0.3, 0.4) is 0 Å². The van der Waals surface area contributed by atoms with Gasteiger partial charge in [-0.1, -0.05) is 49.4 Å². The first-order valence-corrected chi connectivity index (χ1v) is 11.0. The summed E-state index contributed by atoms with van der Waals surface area (Å²) in [6.07, 6.45) is 0.924. The lowest BCUT2D eigenvalue weighted by Crippen LogP contribution is -2.29. The second-order valence-electron chi connectivity index (χ2n) is 6.25. The van der Waals surface area contributed by atoms with Crippen LogP contribution >= 0.6 is 11.3 Å². The second-order valence-corrected chi connectivity index (χ2v) is 8.94. The SMILES string of the molecule is CCc1ccc(C(NS(=O)(=O)c2cccc(C(C)=O)c2)c2cccs2)cc1. The Labute approximate surface area is 163 Å². The van der Waals surface area contributed by atoms with Crippen LogP contribution in [-0.4, -0.2) is 14.2 Å². The summed E-state index contributed by atoms with van der Waals surface area (Å²) in [6, 6.07) is 17.4. The van der Waals surface area contributed by atoms with Gasteiger partial charge in [0.2, 0.25) is 10.0 Å². The Kier molecular flexibility index (Phi) is 5.89. The average molecular weight is 400 g/mol. The molecule has 0 aliphatic rings. The molecule has 1 N–H and O–H groups in total. The average Bonchev–Trinajstić information content (AvgIpc) is 3.21. The van der Waals surface area contributed by atoms with Gasteiger partial charge in [-0.2, -0.15) is 4.72 Å². The number of benzene rings is 2. The van der Waals surface area contributed by atoms with Crippen molar-refractivity contribution in [1.82, 2.24) is 4.72 Å². The largest absolute Gasteiger partial charge is 0.295 e. The fraction of sp³-hybridized carbons (Fsp3) is 0.190. The zero-order valence-corrected chi connectivity index (χ0v) is 16.8. The topological polar surface area (TPSA) is 63.2 Å². The van der Waals surface area contributed by atoms with Crippen molar-refractivity contribution in [2.24, 2.45) is 0 Å². The van der Waals surface area contributed by atoms with Gasteiger partial charge < -0.3 is 0 Å². The molecule has 0 aliphatic carbocycles. The Bertz CT molecular complexity index is 1020. The van der Waals surface area contributed by atoms with Crippen LogP contribution in [0.25, 0.3) is 0 Å². The van der Waals surface area contributed by atoms with Crippen molar-refractivity contribution < 1.29 is 13.2 Å². The number of hydrogen-bond acceptors (Lipinski definition) is 4. The molecule has 2 aromatic carbocycles. The Morgan fingerprint density at radius 2 is 1.81 bits per heavy atom. The summed E-state index contributed by atoms with van der Waals surface area (Å²) in [6.45, 7) is 3.50. The number of ketones is 1. The third kappa shape index (κ3) is 4.53. The number of hydrogen-bond donors (Lipinski definition) is 1. The molecule has 0 amide bonds. The number of sulfonamides is 1. The Morgan fingerprint density at radius 3 is 2.41 bits per heavy atom. The molecule has 0 radical (unpaired) electrons. The molecule has 27 heavy (non-hydrogen) atoms. The van der Waals surface area contributed by atoms with Gasteiger partial charge in [-0.05, 0) is 48.1 Å². The highest BCUT2D eigenvalue weighted by molar-refractivity contribution is 7.89. The fourth-order valence-electron chi connectivity index (χ4n) is 2.80. The first-order valence-electron chi connectivity index (χ1n) is 8.66. The number of thiophene rings is 1. The van der Waals surface area contributed by atoms with Crippen LogP contribution in [0.5, 0.6) is 0 Å². The third-order valence-electron chi connectivity index (χ3n) is 4.37. The van der Waals surface area contributed by atoms with E-state index in [1.54, 1.807) is 12.1 Å². The summed E-state index contributed by atoms with van der Waals surface area (Å²) in [5, 5.41) is 1.92. The molecule has 4 nitrogen and oxygen atoms in total. The van der Waals surface area contributed by atoms with E-state index in [0.717, 1.165) is 16.9 Å². The van der Waals surface area contributed by atoms with E-state index in [1.165, 1.54) is 36.0 Å². The van der Waals surface area contributed by atoms with Crippen LogP contribution < -0.4 is 4.72 Å². The molecule has 0 saturated carbocycles. The lowest BCUT2D eigenvalue weighted by molar-refractivity contribution is 0.101. The molecule has 140 valence electrons. The van der Waals surface area contributed by atoms with E-state index in [-0.39, 0.29) is 10.7 Å². The molecule has 0 fully saturated rings. The maximum absolute atomic E-state index is 13.0. The van der Waals surface area contributed by atoms with E-state index in [2.05, 4.69) is 11.6 Å². The second kappa shape index (κ2) is 8.17. The normalized spacial score (nSPS) is 12.7. The van der Waals surface area contributed by atoms with Crippen molar-refractivity contribution in [2.45, 2.75) is 31.2 Å². The predicted octanol–water partition coefficient (Wildman–Crippen LogP) is 4.58. The summed E-state index contributed by atoms with van der Waals surface area (Å²) in [5.74, 6) is -0.169. The van der Waals surface area contributed by atoms with E-state index < -0.39 is 16.1 Å². The predicted molar refractivity (Wildman–Crippen MR) is 109 cm³/mol. The van der Waals surface area contributed by atoms with Crippen LogP contribution in [-0.2, 0) is 16.4 Å². The van der Waals surface area contributed by atoms with E-state index in [9.17, 15) is 13.2 Å². The molecule has 3 rings (SSSR count). The molecule has 1 heterocycles. The standard InChI is InChI=1S/C21H21NO3S2/c1-3-16-9-11-17(12-10-16)21(20-8-5-13-26-20)22-27(24,25)19-7-4-6-18(14-19)15(2)23/h4-14,21-22H,3H2,1-2H3. The molecule has 1 aromatic heterocycles. The van der Waals surface area contributed by atoms with Crippen molar-refractivity contribution >= 4 is 27.1 Å². The number of carbonyl (C=O) groups is 1. The maximum Gasteiger partial charge on any atom is 0.241 e. The first kappa shape index (κ1) is 19.5. The van der Waals surface area contributed by atoms with Crippen molar-refractivity contribution in [1.29, 1.82) is 0 Å². The quantitative estimate of drug-likeness (QED) is 0.592. The molecule has 1 unspecified atom stereocenters. The number of rotatable bonds is 7. The van der Waals surface area contributed by atoms with Gasteiger partial charge in [-0.3, -0.25) is 4.79 Å². The van der Waals surface area contributed by atoms with Gasteiger partial charge in [-0.15, -0.1) is 11.3 Å². The number of nitrogens with one attached hydrogen (secondary N) is 1. The van der Waals surface area contributed by atoms with E-state index in [4.69, 9.17) is 0 Å². The van der Waals surface area contributed by atoms with E-state index >= 15 is 0 Å². The fourth-order valence-corrected chi connectivity index (χ4v) is 4.92. The van der Waals surface area contributed by atoms with Crippen molar-refractivity contribution in [3.05, 3.63) is 87.6 Å². The van der Waals surface area contributed by atoms with E-state index in [0.29, 0.717) is 5.56 Å². The van der Waals surface area contributed by atoms with Gasteiger partial charge in [0.25, 0.3) is 0 Å². The van der Waals surface area contributed by atoms with E-state index in [1.807, 2.05) is 41.8 Å². The zero-order valence-electron chi connectivity index (χ0n) is 15.2.